The van der Waals surface area contributed by atoms with Gasteiger partial charge in [-0.05, 0) is 31.0 Å². The highest BCUT2D eigenvalue weighted by molar-refractivity contribution is 5.74. The highest BCUT2D eigenvalue weighted by atomic mass is 16.5. The number of benzene rings is 1. The van der Waals surface area contributed by atoms with Crippen molar-refractivity contribution in [1.82, 2.24) is 14.7 Å². The number of carbonyl (C=O) groups excluding carboxylic acids is 1. The molecule has 2 heterocycles. The molecule has 138 valence electrons. The molecule has 1 aromatic rings. The van der Waals surface area contributed by atoms with Gasteiger partial charge >= 0.3 is 6.03 Å². The van der Waals surface area contributed by atoms with E-state index < -0.39 is 0 Å². The highest BCUT2D eigenvalue weighted by Gasteiger charge is 2.26. The quantitative estimate of drug-likeness (QED) is 0.832. The predicted molar refractivity (Wildman–Crippen MR) is 97.2 cm³/mol. The molecule has 0 N–H and O–H groups in total. The Morgan fingerprint density at radius 1 is 1.04 bits per heavy atom. The van der Waals surface area contributed by atoms with Crippen LogP contribution in [0.15, 0.2) is 18.2 Å². The molecule has 6 nitrogen and oxygen atoms in total. The lowest BCUT2D eigenvalue weighted by Gasteiger charge is -2.38. The van der Waals surface area contributed by atoms with Gasteiger partial charge in [0.2, 0.25) is 0 Å². The zero-order valence-corrected chi connectivity index (χ0v) is 15.4. The van der Waals surface area contributed by atoms with Gasteiger partial charge in [0.05, 0.1) is 13.2 Å². The summed E-state index contributed by atoms with van der Waals surface area (Å²) in [5.74, 6) is 0.973. The van der Waals surface area contributed by atoms with Gasteiger partial charge in [0.15, 0.2) is 0 Å². The number of aryl methyl sites for hydroxylation is 2. The van der Waals surface area contributed by atoms with Crippen LogP contribution in [0, 0.1) is 13.8 Å². The summed E-state index contributed by atoms with van der Waals surface area (Å²) in [6.07, 6.45) is 0. The van der Waals surface area contributed by atoms with Crippen molar-refractivity contribution in [2.45, 2.75) is 13.8 Å². The molecule has 0 aromatic heterocycles. The number of morpholine rings is 1. The van der Waals surface area contributed by atoms with Crippen molar-refractivity contribution in [2.24, 2.45) is 0 Å². The fraction of sp³-hybridized carbons (Fsp3) is 0.632. The summed E-state index contributed by atoms with van der Waals surface area (Å²) in [7, 11) is 0. The number of nitrogens with zero attached hydrogens (tertiary/aromatic N) is 3. The van der Waals surface area contributed by atoms with E-state index in [1.807, 2.05) is 9.80 Å². The van der Waals surface area contributed by atoms with E-state index >= 15 is 0 Å². The Bertz CT molecular complexity index is 579. The van der Waals surface area contributed by atoms with Crippen LogP contribution in [0.4, 0.5) is 4.79 Å². The first-order valence-electron chi connectivity index (χ1n) is 9.17. The van der Waals surface area contributed by atoms with Gasteiger partial charge in [-0.1, -0.05) is 12.1 Å². The summed E-state index contributed by atoms with van der Waals surface area (Å²) >= 11 is 0. The molecule has 0 radical (unpaired) electrons. The first-order valence-corrected chi connectivity index (χ1v) is 9.17. The van der Waals surface area contributed by atoms with Crippen molar-refractivity contribution in [3.8, 4) is 5.75 Å². The summed E-state index contributed by atoms with van der Waals surface area (Å²) in [5, 5.41) is 0. The van der Waals surface area contributed by atoms with E-state index in [-0.39, 0.29) is 6.03 Å². The van der Waals surface area contributed by atoms with Gasteiger partial charge in [-0.3, -0.25) is 4.90 Å². The average Bonchev–Trinajstić information content (AvgIpc) is 2.65. The summed E-state index contributed by atoms with van der Waals surface area (Å²) < 4.78 is 11.3. The number of amides is 2. The van der Waals surface area contributed by atoms with Gasteiger partial charge in [0.1, 0.15) is 12.4 Å². The van der Waals surface area contributed by atoms with Crippen LogP contribution in [-0.4, -0.2) is 86.4 Å². The average molecular weight is 347 g/mol. The summed E-state index contributed by atoms with van der Waals surface area (Å²) in [6.45, 7) is 11.9. The molecule has 3 rings (SSSR count). The van der Waals surface area contributed by atoms with E-state index in [1.54, 1.807) is 0 Å². The number of carbonyl (C=O) groups is 1. The molecule has 6 heteroatoms. The topological polar surface area (TPSA) is 45.2 Å². The molecule has 0 unspecified atom stereocenters. The van der Waals surface area contributed by atoms with Gasteiger partial charge in [0, 0.05) is 45.8 Å². The number of rotatable bonds is 4. The Morgan fingerprint density at radius 3 is 2.44 bits per heavy atom. The third-order valence-electron chi connectivity index (χ3n) is 4.93. The summed E-state index contributed by atoms with van der Waals surface area (Å²) in [5.41, 5.74) is 2.39. The van der Waals surface area contributed by atoms with Gasteiger partial charge in [-0.2, -0.15) is 0 Å². The minimum Gasteiger partial charge on any atom is -0.492 e. The Labute approximate surface area is 150 Å². The van der Waals surface area contributed by atoms with Crippen LogP contribution in [0.25, 0.3) is 0 Å². The second kappa shape index (κ2) is 8.54. The van der Waals surface area contributed by atoms with E-state index in [0.717, 1.165) is 38.5 Å². The number of hydrogen-bond donors (Lipinski definition) is 0. The fourth-order valence-electron chi connectivity index (χ4n) is 3.26. The maximum Gasteiger partial charge on any atom is 0.320 e. The van der Waals surface area contributed by atoms with Crippen molar-refractivity contribution in [2.75, 3.05) is 65.6 Å². The van der Waals surface area contributed by atoms with Crippen molar-refractivity contribution in [1.29, 1.82) is 0 Å². The van der Waals surface area contributed by atoms with Crippen LogP contribution in [0.3, 0.4) is 0 Å². The number of piperazine rings is 1. The third kappa shape index (κ3) is 4.86. The second-order valence-electron chi connectivity index (χ2n) is 6.83. The molecular formula is C19H29N3O3. The number of urea groups is 1. The van der Waals surface area contributed by atoms with Crippen LogP contribution < -0.4 is 4.74 Å². The SMILES string of the molecule is Cc1ccc(C)c(OCCN2CCN(C(=O)N3CCOCC3)CC2)c1. The smallest absolute Gasteiger partial charge is 0.320 e. The van der Waals surface area contributed by atoms with E-state index in [4.69, 9.17) is 9.47 Å². The molecule has 0 atom stereocenters. The molecule has 2 saturated heterocycles. The standard InChI is InChI=1S/C19H29N3O3/c1-16-3-4-17(2)18(15-16)25-14-9-20-5-7-21(8-6-20)19(23)22-10-12-24-13-11-22/h3-4,15H,5-14H2,1-2H3. The van der Waals surface area contributed by atoms with Crippen LogP contribution in [0.5, 0.6) is 5.75 Å². The zero-order chi connectivity index (χ0) is 17.6. The van der Waals surface area contributed by atoms with Crippen molar-refractivity contribution >= 4 is 6.03 Å². The van der Waals surface area contributed by atoms with Crippen LogP contribution in [-0.2, 0) is 4.74 Å². The summed E-state index contributed by atoms with van der Waals surface area (Å²) in [4.78, 5) is 18.7. The van der Waals surface area contributed by atoms with Gasteiger partial charge in [0.25, 0.3) is 0 Å². The molecule has 0 spiro atoms. The molecule has 0 saturated carbocycles. The maximum atomic E-state index is 12.5. The minimum atomic E-state index is 0.162. The van der Waals surface area contributed by atoms with E-state index in [1.165, 1.54) is 11.1 Å². The zero-order valence-electron chi connectivity index (χ0n) is 15.4. The van der Waals surface area contributed by atoms with E-state index in [2.05, 4.69) is 36.9 Å². The van der Waals surface area contributed by atoms with E-state index in [9.17, 15) is 4.79 Å². The lowest BCUT2D eigenvalue weighted by atomic mass is 10.1. The number of ether oxygens (including phenoxy) is 2. The molecule has 25 heavy (non-hydrogen) atoms. The normalized spacial score (nSPS) is 19.1. The fourth-order valence-corrected chi connectivity index (χ4v) is 3.26. The first kappa shape index (κ1) is 18.0. The third-order valence-corrected chi connectivity index (χ3v) is 4.93. The van der Waals surface area contributed by atoms with Crippen molar-refractivity contribution in [3.63, 3.8) is 0 Å². The van der Waals surface area contributed by atoms with E-state index in [0.29, 0.717) is 32.9 Å². The molecule has 2 aliphatic rings. The highest BCUT2D eigenvalue weighted by Crippen LogP contribution is 2.19. The van der Waals surface area contributed by atoms with Crippen molar-refractivity contribution < 1.29 is 14.3 Å². The molecule has 2 aliphatic heterocycles. The molecule has 0 aliphatic carbocycles. The van der Waals surface area contributed by atoms with Crippen molar-refractivity contribution in [3.05, 3.63) is 29.3 Å². The molecule has 2 fully saturated rings. The largest absolute Gasteiger partial charge is 0.492 e. The monoisotopic (exact) mass is 347 g/mol. The maximum absolute atomic E-state index is 12.5. The van der Waals surface area contributed by atoms with Gasteiger partial charge in [-0.15, -0.1) is 0 Å². The van der Waals surface area contributed by atoms with Crippen LogP contribution in [0.1, 0.15) is 11.1 Å². The Balaban J connectivity index is 1.39. The Kier molecular flexibility index (Phi) is 6.15. The molecule has 1 aromatic carbocycles. The summed E-state index contributed by atoms with van der Waals surface area (Å²) in [6, 6.07) is 6.46. The lowest BCUT2D eigenvalue weighted by Crippen LogP contribution is -2.55. The Hall–Kier alpha value is -1.79. The number of hydrogen-bond acceptors (Lipinski definition) is 4. The Morgan fingerprint density at radius 2 is 1.72 bits per heavy atom. The second-order valence-corrected chi connectivity index (χ2v) is 6.83. The van der Waals surface area contributed by atoms with Gasteiger partial charge < -0.3 is 19.3 Å². The van der Waals surface area contributed by atoms with Crippen LogP contribution in [0.2, 0.25) is 0 Å². The first-order chi connectivity index (χ1) is 12.1. The molecular weight excluding hydrogens is 318 g/mol. The molecule has 2 amide bonds. The predicted octanol–water partition coefficient (Wildman–Crippen LogP) is 1.75. The molecule has 0 bridgehead atoms. The minimum absolute atomic E-state index is 0.162. The lowest BCUT2D eigenvalue weighted by molar-refractivity contribution is 0.0370. The van der Waals surface area contributed by atoms with Crippen LogP contribution >= 0.6 is 0 Å². The van der Waals surface area contributed by atoms with Gasteiger partial charge in [-0.25, -0.2) is 4.79 Å².